The molecule has 9 heteroatoms. The van der Waals surface area contributed by atoms with Crippen LogP contribution in [0.25, 0.3) is 10.7 Å². The largest absolute Gasteiger partial charge is 0.490 e. The van der Waals surface area contributed by atoms with Crippen LogP contribution in [0.5, 0.6) is 5.75 Å². The number of hydrogen-bond donors (Lipinski definition) is 0. The van der Waals surface area contributed by atoms with E-state index in [0.717, 1.165) is 17.2 Å². The molecule has 0 amide bonds. The van der Waals surface area contributed by atoms with E-state index in [2.05, 4.69) is 10.2 Å². The van der Waals surface area contributed by atoms with Crippen molar-refractivity contribution in [1.82, 2.24) is 14.8 Å². The molecule has 3 aromatic rings. The number of thiophene rings is 1. The maximum absolute atomic E-state index is 11.9. The molecule has 0 unspecified atom stereocenters. The minimum absolute atomic E-state index is 0.166. The zero-order valence-corrected chi connectivity index (χ0v) is 17.0. The van der Waals surface area contributed by atoms with Crippen molar-refractivity contribution >= 4 is 40.7 Å². The highest BCUT2D eigenvalue weighted by Gasteiger charge is 2.15. The summed E-state index contributed by atoms with van der Waals surface area (Å²) in [7, 11) is 0. The van der Waals surface area contributed by atoms with Gasteiger partial charge in [0.2, 0.25) is 0 Å². The highest BCUT2D eigenvalue weighted by molar-refractivity contribution is 7.99. The van der Waals surface area contributed by atoms with E-state index in [1.54, 1.807) is 35.6 Å². The second-order valence-electron chi connectivity index (χ2n) is 5.34. The summed E-state index contributed by atoms with van der Waals surface area (Å²) < 4.78 is 12.7. The molecule has 27 heavy (non-hydrogen) atoms. The van der Waals surface area contributed by atoms with E-state index < -0.39 is 0 Å². The SMILES string of the molecule is CCn1c(SCC(=O)OCCOc2cccc(Cl)c2)nnc1-c1cccs1. The summed E-state index contributed by atoms with van der Waals surface area (Å²) in [4.78, 5) is 13.0. The van der Waals surface area contributed by atoms with Crippen LogP contribution in [-0.2, 0) is 16.1 Å². The lowest BCUT2D eigenvalue weighted by Gasteiger charge is -2.08. The number of esters is 1. The van der Waals surface area contributed by atoms with Crippen LogP contribution in [0.3, 0.4) is 0 Å². The number of nitrogens with zero attached hydrogens (tertiary/aromatic N) is 3. The number of ether oxygens (including phenoxy) is 2. The van der Waals surface area contributed by atoms with Crippen LogP contribution in [-0.4, -0.2) is 39.7 Å². The van der Waals surface area contributed by atoms with Gasteiger partial charge < -0.3 is 14.0 Å². The zero-order chi connectivity index (χ0) is 19.1. The zero-order valence-electron chi connectivity index (χ0n) is 14.6. The second-order valence-corrected chi connectivity index (χ2v) is 7.67. The number of carbonyl (C=O) groups is 1. The molecule has 1 aromatic carbocycles. The number of halogens is 1. The summed E-state index contributed by atoms with van der Waals surface area (Å²) in [6.45, 7) is 3.19. The van der Waals surface area contributed by atoms with Gasteiger partial charge in [0, 0.05) is 11.6 Å². The fourth-order valence-corrected chi connectivity index (χ4v) is 4.00. The molecule has 0 radical (unpaired) electrons. The Morgan fingerprint density at radius 3 is 2.89 bits per heavy atom. The predicted molar refractivity (Wildman–Crippen MR) is 108 cm³/mol. The van der Waals surface area contributed by atoms with Gasteiger partial charge in [0.15, 0.2) is 11.0 Å². The molecule has 0 aliphatic heterocycles. The lowest BCUT2D eigenvalue weighted by molar-refractivity contribution is -0.141. The molecule has 0 saturated carbocycles. The van der Waals surface area contributed by atoms with Crippen molar-refractivity contribution in [2.45, 2.75) is 18.6 Å². The topological polar surface area (TPSA) is 66.2 Å². The molecular formula is C18H18ClN3O3S2. The van der Waals surface area contributed by atoms with Crippen LogP contribution < -0.4 is 4.74 Å². The highest BCUT2D eigenvalue weighted by Crippen LogP contribution is 2.27. The molecule has 0 aliphatic carbocycles. The van der Waals surface area contributed by atoms with Crippen LogP contribution in [0.4, 0.5) is 0 Å². The first-order valence-corrected chi connectivity index (χ1v) is 10.6. The van der Waals surface area contributed by atoms with Crippen molar-refractivity contribution in [3.8, 4) is 16.5 Å². The van der Waals surface area contributed by atoms with E-state index in [-0.39, 0.29) is 24.9 Å². The Labute approximate surface area is 170 Å². The summed E-state index contributed by atoms with van der Waals surface area (Å²) in [5.41, 5.74) is 0. The fourth-order valence-electron chi connectivity index (χ4n) is 2.31. The minimum Gasteiger partial charge on any atom is -0.490 e. The number of aromatic nitrogens is 3. The Bertz CT molecular complexity index is 884. The molecule has 0 bridgehead atoms. The third-order valence-corrected chi connectivity index (χ3v) is 5.55. The molecule has 3 rings (SSSR count). The first-order chi connectivity index (χ1) is 13.2. The summed E-state index contributed by atoms with van der Waals surface area (Å²) in [6, 6.07) is 11.1. The van der Waals surface area contributed by atoms with Crippen LogP contribution >= 0.6 is 34.7 Å². The van der Waals surface area contributed by atoms with Gasteiger partial charge in [-0.25, -0.2) is 0 Å². The van der Waals surface area contributed by atoms with Crippen molar-refractivity contribution in [2.24, 2.45) is 0 Å². The normalized spacial score (nSPS) is 10.7. The monoisotopic (exact) mass is 423 g/mol. The van der Waals surface area contributed by atoms with Crippen molar-refractivity contribution in [1.29, 1.82) is 0 Å². The number of thioether (sulfide) groups is 1. The van der Waals surface area contributed by atoms with Gasteiger partial charge in [0.25, 0.3) is 0 Å². The molecule has 2 aromatic heterocycles. The summed E-state index contributed by atoms with van der Waals surface area (Å²) in [5.74, 6) is 1.31. The number of rotatable bonds is 9. The summed E-state index contributed by atoms with van der Waals surface area (Å²) in [5, 5.41) is 11.7. The fraction of sp³-hybridized carbons (Fsp3) is 0.278. The minimum atomic E-state index is -0.321. The van der Waals surface area contributed by atoms with Gasteiger partial charge in [-0.1, -0.05) is 35.5 Å². The van der Waals surface area contributed by atoms with E-state index in [9.17, 15) is 4.79 Å². The van der Waals surface area contributed by atoms with E-state index in [4.69, 9.17) is 21.1 Å². The average molecular weight is 424 g/mol. The average Bonchev–Trinajstić information content (AvgIpc) is 3.32. The quantitative estimate of drug-likeness (QED) is 0.289. The van der Waals surface area contributed by atoms with Crippen LogP contribution in [0, 0.1) is 0 Å². The third kappa shape index (κ3) is 5.47. The molecule has 0 atom stereocenters. The van der Waals surface area contributed by atoms with E-state index in [0.29, 0.717) is 15.9 Å². The smallest absolute Gasteiger partial charge is 0.316 e. The first kappa shape index (κ1) is 19.7. The molecule has 0 aliphatic rings. The predicted octanol–water partition coefficient (Wildman–Crippen LogP) is 4.39. The lowest BCUT2D eigenvalue weighted by atomic mass is 10.3. The lowest BCUT2D eigenvalue weighted by Crippen LogP contribution is -2.14. The van der Waals surface area contributed by atoms with Gasteiger partial charge in [-0.05, 0) is 36.6 Å². The Morgan fingerprint density at radius 1 is 1.26 bits per heavy atom. The van der Waals surface area contributed by atoms with Crippen molar-refractivity contribution in [3.63, 3.8) is 0 Å². The second kappa shape index (κ2) is 9.77. The van der Waals surface area contributed by atoms with Crippen LogP contribution in [0.2, 0.25) is 5.02 Å². The summed E-state index contributed by atoms with van der Waals surface area (Å²) in [6.07, 6.45) is 0. The van der Waals surface area contributed by atoms with Gasteiger partial charge >= 0.3 is 5.97 Å². The van der Waals surface area contributed by atoms with Gasteiger partial charge in [-0.3, -0.25) is 4.79 Å². The maximum Gasteiger partial charge on any atom is 0.316 e. The number of benzene rings is 1. The standard InChI is InChI=1S/C18H18ClN3O3S2/c1-2-22-17(15-7-4-10-26-15)20-21-18(22)27-12-16(23)25-9-8-24-14-6-3-5-13(19)11-14/h3-7,10-11H,2,8-9,12H2,1H3. The number of carbonyl (C=O) groups excluding carboxylic acids is 1. The third-order valence-electron chi connectivity index (χ3n) is 3.50. The van der Waals surface area contributed by atoms with E-state index in [1.807, 2.05) is 29.0 Å². The Hall–Kier alpha value is -2.03. The van der Waals surface area contributed by atoms with Crippen molar-refractivity contribution < 1.29 is 14.3 Å². The molecule has 0 fully saturated rings. The first-order valence-electron chi connectivity index (χ1n) is 8.31. The molecule has 2 heterocycles. The van der Waals surface area contributed by atoms with E-state index >= 15 is 0 Å². The Kier molecular flexibility index (Phi) is 7.14. The highest BCUT2D eigenvalue weighted by atomic mass is 35.5. The van der Waals surface area contributed by atoms with E-state index in [1.165, 1.54) is 11.8 Å². The summed E-state index contributed by atoms with van der Waals surface area (Å²) >= 11 is 8.81. The van der Waals surface area contributed by atoms with Gasteiger partial charge in [-0.15, -0.1) is 21.5 Å². The molecule has 0 saturated heterocycles. The molecular weight excluding hydrogens is 406 g/mol. The Morgan fingerprint density at radius 2 is 2.15 bits per heavy atom. The molecule has 6 nitrogen and oxygen atoms in total. The molecule has 142 valence electrons. The van der Waals surface area contributed by atoms with Gasteiger partial charge in [0.1, 0.15) is 19.0 Å². The van der Waals surface area contributed by atoms with Crippen LogP contribution in [0.1, 0.15) is 6.92 Å². The maximum atomic E-state index is 11.9. The van der Waals surface area contributed by atoms with Crippen LogP contribution in [0.15, 0.2) is 46.9 Å². The van der Waals surface area contributed by atoms with Gasteiger partial charge in [0.05, 0.1) is 10.6 Å². The van der Waals surface area contributed by atoms with Crippen molar-refractivity contribution in [3.05, 3.63) is 46.8 Å². The number of hydrogen-bond acceptors (Lipinski definition) is 7. The molecule has 0 N–H and O–H groups in total. The van der Waals surface area contributed by atoms with Crippen molar-refractivity contribution in [2.75, 3.05) is 19.0 Å². The Balaban J connectivity index is 1.44. The molecule has 0 spiro atoms. The van der Waals surface area contributed by atoms with Gasteiger partial charge in [-0.2, -0.15) is 0 Å².